The van der Waals surface area contributed by atoms with Gasteiger partial charge >= 0.3 is 7.75 Å². The van der Waals surface area contributed by atoms with E-state index in [0.717, 1.165) is 15.8 Å². The molecule has 25 heavy (non-hydrogen) atoms. The fourth-order valence-electron chi connectivity index (χ4n) is 2.71. The molecule has 1 aliphatic heterocycles. The van der Waals surface area contributed by atoms with Gasteiger partial charge in [-0.3, -0.25) is 4.79 Å². The molecular weight excluding hydrogens is 337 g/mol. The van der Waals surface area contributed by atoms with Gasteiger partial charge in [0.2, 0.25) is 0 Å². The van der Waals surface area contributed by atoms with Crippen LogP contribution in [0.2, 0.25) is 0 Å². The second kappa shape index (κ2) is 7.30. The van der Waals surface area contributed by atoms with Crippen LogP contribution in [0.25, 0.3) is 12.2 Å². The van der Waals surface area contributed by atoms with Crippen LogP contribution in [-0.4, -0.2) is 33.3 Å². The minimum atomic E-state index is -4.45. The Hall–Kier alpha value is -2.30. The summed E-state index contributed by atoms with van der Waals surface area (Å²) in [6.45, 7) is -0.158. The number of nitrogens with zero attached hydrogens (tertiary/aromatic N) is 1. The maximum Gasteiger partial charge on any atom is 0.403 e. The third-order valence-electron chi connectivity index (χ3n) is 3.94. The second-order valence-corrected chi connectivity index (χ2v) is 7.42. The largest absolute Gasteiger partial charge is 0.403 e. The molecule has 6 heteroatoms. The summed E-state index contributed by atoms with van der Waals surface area (Å²) in [7, 11) is -4.45. The van der Waals surface area contributed by atoms with E-state index in [2.05, 4.69) is 0 Å². The smallest absolute Gasteiger partial charge is 0.312 e. The third kappa shape index (κ3) is 4.41. The summed E-state index contributed by atoms with van der Waals surface area (Å²) in [4.78, 5) is 31.9. The highest BCUT2D eigenvalue weighted by molar-refractivity contribution is 7.49. The predicted octanol–water partition coefficient (Wildman–Crippen LogP) is 3.13. The van der Waals surface area contributed by atoms with Crippen LogP contribution in [0.15, 0.2) is 71.8 Å². The number of Topliss-reactive ketones (excluding diaryl/α,β-unsaturated/α-hetero) is 1. The lowest BCUT2D eigenvalue weighted by atomic mass is 9.95. The van der Waals surface area contributed by atoms with Gasteiger partial charge in [-0.15, -0.1) is 0 Å². The van der Waals surface area contributed by atoms with E-state index in [4.69, 9.17) is 0 Å². The van der Waals surface area contributed by atoms with Crippen molar-refractivity contribution >= 4 is 25.7 Å². The zero-order valence-electron chi connectivity index (χ0n) is 13.4. The van der Waals surface area contributed by atoms with E-state index in [1.807, 2.05) is 60.7 Å². The molecule has 0 atom stereocenters. The zero-order chi connectivity index (χ0) is 17.9. The predicted molar refractivity (Wildman–Crippen MR) is 97.5 cm³/mol. The van der Waals surface area contributed by atoms with Crippen molar-refractivity contribution in [2.45, 2.75) is 0 Å². The topological polar surface area (TPSA) is 77.8 Å². The number of hydrogen-bond donors (Lipinski definition) is 2. The van der Waals surface area contributed by atoms with Gasteiger partial charge in [0, 0.05) is 24.2 Å². The van der Waals surface area contributed by atoms with Crippen molar-refractivity contribution in [3.8, 4) is 0 Å². The zero-order valence-corrected chi connectivity index (χ0v) is 14.3. The summed E-state index contributed by atoms with van der Waals surface area (Å²) >= 11 is 0. The maximum absolute atomic E-state index is 12.8. The van der Waals surface area contributed by atoms with Gasteiger partial charge in [0.05, 0.1) is 0 Å². The molecule has 2 N–H and O–H groups in total. The number of piperidine rings is 1. The minimum absolute atomic E-state index is 0.0792. The Labute approximate surface area is 146 Å². The fraction of sp³-hybridized carbons (Fsp3) is 0.105. The van der Waals surface area contributed by atoms with Crippen molar-refractivity contribution in [1.29, 1.82) is 0 Å². The van der Waals surface area contributed by atoms with Gasteiger partial charge in [-0.1, -0.05) is 60.7 Å². The molecule has 0 unspecified atom stereocenters. The van der Waals surface area contributed by atoms with Crippen molar-refractivity contribution in [3.63, 3.8) is 0 Å². The van der Waals surface area contributed by atoms with E-state index in [9.17, 15) is 19.1 Å². The van der Waals surface area contributed by atoms with Crippen LogP contribution in [0.5, 0.6) is 0 Å². The van der Waals surface area contributed by atoms with Gasteiger partial charge in [-0.2, -0.15) is 4.67 Å². The molecular formula is C19H18NO4P. The highest BCUT2D eigenvalue weighted by Crippen LogP contribution is 2.43. The molecule has 0 bridgehead atoms. The highest BCUT2D eigenvalue weighted by atomic mass is 31.2. The Bertz CT molecular complexity index is 807. The first kappa shape index (κ1) is 17.5. The quantitative estimate of drug-likeness (QED) is 0.653. The first-order valence-electron chi connectivity index (χ1n) is 7.80. The first-order valence-corrected chi connectivity index (χ1v) is 9.37. The SMILES string of the molecule is O=C1/C(=C/c2ccccc2)CN(P(=O)(O)O)C/C1=C\c1ccccc1. The Morgan fingerprint density at radius 1 is 0.800 bits per heavy atom. The molecule has 0 aromatic heterocycles. The normalized spacial score (nSPS) is 19.5. The third-order valence-corrected chi connectivity index (χ3v) is 4.96. The van der Waals surface area contributed by atoms with Crippen molar-refractivity contribution in [1.82, 2.24) is 4.67 Å². The lowest BCUT2D eigenvalue weighted by Gasteiger charge is -2.29. The van der Waals surface area contributed by atoms with Gasteiger partial charge in [-0.05, 0) is 23.3 Å². The lowest BCUT2D eigenvalue weighted by Crippen LogP contribution is -2.35. The average Bonchev–Trinajstić information content (AvgIpc) is 2.59. The van der Waals surface area contributed by atoms with E-state index in [1.54, 1.807) is 12.2 Å². The van der Waals surface area contributed by atoms with Crippen LogP contribution in [-0.2, 0) is 9.36 Å². The molecule has 1 heterocycles. The summed E-state index contributed by atoms with van der Waals surface area (Å²) in [5.41, 5.74) is 2.36. The lowest BCUT2D eigenvalue weighted by molar-refractivity contribution is -0.113. The number of rotatable bonds is 3. The summed E-state index contributed by atoms with van der Waals surface area (Å²) < 4.78 is 12.8. The van der Waals surface area contributed by atoms with Crippen LogP contribution < -0.4 is 0 Å². The van der Waals surface area contributed by atoms with Crippen LogP contribution in [0.4, 0.5) is 0 Å². The van der Waals surface area contributed by atoms with E-state index >= 15 is 0 Å². The molecule has 1 saturated heterocycles. The van der Waals surface area contributed by atoms with Crippen LogP contribution in [0.3, 0.4) is 0 Å². The molecule has 1 fully saturated rings. The van der Waals surface area contributed by atoms with E-state index in [1.165, 1.54) is 0 Å². The number of carbonyl (C=O) groups excluding carboxylic acids is 1. The highest BCUT2D eigenvalue weighted by Gasteiger charge is 2.35. The molecule has 0 amide bonds. The number of benzene rings is 2. The van der Waals surface area contributed by atoms with Crippen molar-refractivity contribution in [2.24, 2.45) is 0 Å². The maximum atomic E-state index is 12.8. The van der Waals surface area contributed by atoms with Crippen molar-refractivity contribution in [2.75, 3.05) is 13.1 Å². The molecule has 2 aromatic carbocycles. The molecule has 3 rings (SSSR count). The molecule has 0 aliphatic carbocycles. The summed E-state index contributed by atoms with van der Waals surface area (Å²) in [6, 6.07) is 18.5. The van der Waals surface area contributed by atoms with E-state index in [0.29, 0.717) is 11.1 Å². The van der Waals surface area contributed by atoms with Gasteiger partial charge in [0.25, 0.3) is 0 Å². The molecule has 0 radical (unpaired) electrons. The van der Waals surface area contributed by atoms with Crippen LogP contribution in [0.1, 0.15) is 11.1 Å². The van der Waals surface area contributed by atoms with Gasteiger partial charge in [-0.25, -0.2) is 4.57 Å². The number of hydrogen-bond acceptors (Lipinski definition) is 2. The van der Waals surface area contributed by atoms with Crippen LogP contribution >= 0.6 is 7.75 Å². The Morgan fingerprint density at radius 3 is 1.56 bits per heavy atom. The van der Waals surface area contributed by atoms with Gasteiger partial charge < -0.3 is 9.79 Å². The van der Waals surface area contributed by atoms with Gasteiger partial charge in [0.15, 0.2) is 5.78 Å². The number of carbonyl (C=O) groups is 1. The molecule has 2 aromatic rings. The van der Waals surface area contributed by atoms with Crippen LogP contribution in [0, 0.1) is 0 Å². The summed E-state index contributed by atoms with van der Waals surface area (Å²) in [5, 5.41) is 0. The fourth-order valence-corrected chi connectivity index (χ4v) is 3.38. The average molecular weight is 355 g/mol. The molecule has 5 nitrogen and oxygen atoms in total. The minimum Gasteiger partial charge on any atom is -0.312 e. The Morgan fingerprint density at radius 2 is 1.20 bits per heavy atom. The second-order valence-electron chi connectivity index (χ2n) is 5.83. The monoisotopic (exact) mass is 355 g/mol. The Balaban J connectivity index is 2.01. The van der Waals surface area contributed by atoms with Gasteiger partial charge in [0.1, 0.15) is 0 Å². The van der Waals surface area contributed by atoms with Crippen molar-refractivity contribution < 1.29 is 19.1 Å². The van der Waals surface area contributed by atoms with E-state index in [-0.39, 0.29) is 18.9 Å². The van der Waals surface area contributed by atoms with Crippen molar-refractivity contribution in [3.05, 3.63) is 82.9 Å². The Kier molecular flexibility index (Phi) is 5.11. The summed E-state index contributed by atoms with van der Waals surface area (Å²) in [6.07, 6.45) is 3.37. The standard InChI is InChI=1S/C19H18NO4P/c21-19-17(11-15-7-3-1-4-8-15)13-20(25(22,23)24)14-18(19)12-16-9-5-2-6-10-16/h1-12H,13-14H2,(H2,22,23,24)/b17-11+,18-12+. The molecule has 0 saturated carbocycles. The molecule has 1 aliphatic rings. The van der Waals surface area contributed by atoms with E-state index < -0.39 is 7.75 Å². The number of ketones is 1. The summed E-state index contributed by atoms with van der Waals surface area (Å²) in [5.74, 6) is -0.183. The molecule has 128 valence electrons. The molecule has 0 spiro atoms. The first-order chi connectivity index (χ1) is 11.9.